The van der Waals surface area contributed by atoms with Gasteiger partial charge >= 0.3 is 0 Å². The number of hydrogen-bond donors (Lipinski definition) is 1. The lowest BCUT2D eigenvalue weighted by Gasteiger charge is -2.08. The molecule has 1 aromatic rings. The van der Waals surface area contributed by atoms with Crippen molar-refractivity contribution in [3.8, 4) is 0 Å². The van der Waals surface area contributed by atoms with Crippen LogP contribution in [-0.2, 0) is 6.42 Å². The van der Waals surface area contributed by atoms with Gasteiger partial charge in [0, 0.05) is 36.2 Å². The molecule has 15 heavy (non-hydrogen) atoms. The van der Waals surface area contributed by atoms with Crippen LogP contribution in [0.25, 0.3) is 11.8 Å². The van der Waals surface area contributed by atoms with Crippen LogP contribution >= 0.6 is 0 Å². The fourth-order valence-corrected chi connectivity index (χ4v) is 2.04. The van der Waals surface area contributed by atoms with Crippen molar-refractivity contribution in [3.63, 3.8) is 0 Å². The molecule has 1 aliphatic carbocycles. The van der Waals surface area contributed by atoms with E-state index >= 15 is 0 Å². The van der Waals surface area contributed by atoms with Gasteiger partial charge in [-0.15, -0.1) is 0 Å². The van der Waals surface area contributed by atoms with Crippen molar-refractivity contribution in [3.05, 3.63) is 40.2 Å². The van der Waals surface area contributed by atoms with Crippen LogP contribution < -0.4 is 16.3 Å². The molecular formula is C12H11N3. The molecule has 0 saturated carbocycles. The summed E-state index contributed by atoms with van der Waals surface area (Å²) in [5, 5.41) is 2.16. The highest BCUT2D eigenvalue weighted by Crippen LogP contribution is 2.12. The number of hydrogen-bond acceptors (Lipinski definition) is 3. The van der Waals surface area contributed by atoms with Gasteiger partial charge in [-0.2, -0.15) is 0 Å². The molecule has 2 heterocycles. The average Bonchev–Trinajstić information content (AvgIpc) is 2.41. The first-order valence-electron chi connectivity index (χ1n) is 5.00. The van der Waals surface area contributed by atoms with Crippen LogP contribution in [0.2, 0.25) is 0 Å². The van der Waals surface area contributed by atoms with E-state index in [1.165, 1.54) is 10.8 Å². The number of rotatable bonds is 0. The zero-order valence-electron chi connectivity index (χ0n) is 8.27. The Morgan fingerprint density at radius 2 is 2.20 bits per heavy atom. The summed E-state index contributed by atoms with van der Waals surface area (Å²) in [6.45, 7) is 0. The van der Waals surface area contributed by atoms with Gasteiger partial charge in [-0.25, -0.2) is 0 Å². The van der Waals surface area contributed by atoms with E-state index in [-0.39, 0.29) is 0 Å². The van der Waals surface area contributed by atoms with Gasteiger partial charge in [-0.1, -0.05) is 0 Å². The van der Waals surface area contributed by atoms with Gasteiger partial charge in [0.25, 0.3) is 0 Å². The number of allylic oxidation sites excluding steroid dienone is 1. The maximum absolute atomic E-state index is 5.86. The van der Waals surface area contributed by atoms with Gasteiger partial charge in [0.05, 0.1) is 11.0 Å². The Morgan fingerprint density at radius 1 is 1.27 bits per heavy atom. The van der Waals surface area contributed by atoms with Gasteiger partial charge in [-0.3, -0.25) is 9.98 Å². The minimum atomic E-state index is 0.721. The summed E-state index contributed by atoms with van der Waals surface area (Å²) in [6, 6.07) is 2.05. The van der Waals surface area contributed by atoms with E-state index in [1.54, 1.807) is 0 Å². The normalized spacial score (nSPS) is 17.6. The van der Waals surface area contributed by atoms with Gasteiger partial charge < -0.3 is 5.73 Å². The molecule has 1 aliphatic heterocycles. The first kappa shape index (κ1) is 8.41. The van der Waals surface area contributed by atoms with Gasteiger partial charge in [-0.05, 0) is 23.8 Å². The van der Waals surface area contributed by atoms with E-state index in [4.69, 9.17) is 5.73 Å². The predicted molar refractivity (Wildman–Crippen MR) is 60.4 cm³/mol. The minimum Gasteiger partial charge on any atom is -0.402 e. The predicted octanol–water partition coefficient (Wildman–Crippen LogP) is -0.157. The molecule has 0 saturated heterocycles. The fraction of sp³-hybridized carbons (Fsp3) is 0.167. The van der Waals surface area contributed by atoms with Crippen molar-refractivity contribution < 1.29 is 0 Å². The number of aromatic nitrogens is 1. The van der Waals surface area contributed by atoms with E-state index < -0.39 is 0 Å². The number of nitrogens with zero attached hydrogens (tertiary/aromatic N) is 2. The second kappa shape index (κ2) is 3.05. The Balaban J connectivity index is 2.47. The third kappa shape index (κ3) is 1.28. The molecule has 2 N–H and O–H groups in total. The van der Waals surface area contributed by atoms with Gasteiger partial charge in [0.1, 0.15) is 0 Å². The van der Waals surface area contributed by atoms with Crippen LogP contribution in [0.1, 0.15) is 12.0 Å². The largest absolute Gasteiger partial charge is 0.402 e. The lowest BCUT2D eigenvalue weighted by molar-refractivity contribution is 1.09. The molecular weight excluding hydrogens is 186 g/mol. The van der Waals surface area contributed by atoms with Crippen molar-refractivity contribution in [2.24, 2.45) is 10.7 Å². The van der Waals surface area contributed by atoms with Crippen LogP contribution in [0.4, 0.5) is 0 Å². The first-order chi connectivity index (χ1) is 7.34. The highest BCUT2D eigenvalue weighted by molar-refractivity contribution is 5.73. The molecule has 1 aromatic heterocycles. The molecule has 3 nitrogen and oxygen atoms in total. The molecule has 0 unspecified atom stereocenters. The molecule has 0 radical (unpaired) electrons. The lowest BCUT2D eigenvalue weighted by atomic mass is 10.1. The zero-order chi connectivity index (χ0) is 10.3. The average molecular weight is 197 g/mol. The highest BCUT2D eigenvalue weighted by atomic mass is 14.8. The fourth-order valence-electron chi connectivity index (χ4n) is 2.04. The number of pyridine rings is 1. The maximum Gasteiger partial charge on any atom is 0.0723 e. The molecule has 3 rings (SSSR count). The van der Waals surface area contributed by atoms with Crippen molar-refractivity contribution >= 4 is 18.0 Å². The van der Waals surface area contributed by atoms with Gasteiger partial charge in [0.15, 0.2) is 0 Å². The SMILES string of the molecule is NC1=CC=c2nccc3c2=C(C1)N=CC3. The quantitative estimate of drug-likeness (QED) is 0.628. The Bertz CT molecular complexity index is 594. The zero-order valence-corrected chi connectivity index (χ0v) is 8.27. The van der Waals surface area contributed by atoms with Crippen LogP contribution in [0, 0.1) is 0 Å². The molecule has 0 aromatic carbocycles. The van der Waals surface area contributed by atoms with Crippen molar-refractivity contribution in [2.75, 3.05) is 0 Å². The topological polar surface area (TPSA) is 51.3 Å². The van der Waals surface area contributed by atoms with Crippen LogP contribution in [0.5, 0.6) is 0 Å². The molecule has 0 amide bonds. The van der Waals surface area contributed by atoms with Crippen LogP contribution in [0.3, 0.4) is 0 Å². The summed E-state index contributed by atoms with van der Waals surface area (Å²) in [5.41, 5.74) is 9.04. The summed E-state index contributed by atoms with van der Waals surface area (Å²) < 4.78 is 0. The van der Waals surface area contributed by atoms with E-state index in [2.05, 4.69) is 16.0 Å². The summed E-state index contributed by atoms with van der Waals surface area (Å²) >= 11 is 0. The third-order valence-corrected chi connectivity index (χ3v) is 2.74. The standard InChI is InChI=1S/C12H11N3/c13-9-1-2-10-12-8(3-5-14-10)4-6-15-11(12)7-9/h1-3,5-6H,4,7,13H2. The van der Waals surface area contributed by atoms with E-state index in [9.17, 15) is 0 Å². The second-order valence-corrected chi connectivity index (χ2v) is 3.78. The monoisotopic (exact) mass is 197 g/mol. The lowest BCUT2D eigenvalue weighted by Crippen LogP contribution is -2.34. The summed E-state index contributed by atoms with van der Waals surface area (Å²) in [7, 11) is 0. The Hall–Kier alpha value is -1.90. The van der Waals surface area contributed by atoms with Crippen molar-refractivity contribution in [1.29, 1.82) is 0 Å². The van der Waals surface area contributed by atoms with Crippen LogP contribution in [-0.4, -0.2) is 11.2 Å². The number of nitrogens with two attached hydrogens (primary N) is 1. The van der Waals surface area contributed by atoms with E-state index in [0.717, 1.165) is 29.6 Å². The Morgan fingerprint density at radius 3 is 3.13 bits per heavy atom. The Kier molecular flexibility index (Phi) is 1.71. The molecule has 3 heteroatoms. The van der Waals surface area contributed by atoms with Crippen molar-refractivity contribution in [1.82, 2.24) is 4.98 Å². The smallest absolute Gasteiger partial charge is 0.0723 e. The molecule has 0 spiro atoms. The Labute approximate surface area is 87.4 Å². The molecule has 74 valence electrons. The van der Waals surface area contributed by atoms with E-state index in [1.807, 2.05) is 24.6 Å². The summed E-state index contributed by atoms with van der Waals surface area (Å²) in [4.78, 5) is 8.78. The third-order valence-electron chi connectivity index (χ3n) is 2.74. The molecule has 0 bridgehead atoms. The van der Waals surface area contributed by atoms with Crippen molar-refractivity contribution in [2.45, 2.75) is 12.8 Å². The summed E-state index contributed by atoms with van der Waals surface area (Å²) in [5.74, 6) is 0. The second-order valence-electron chi connectivity index (χ2n) is 3.78. The number of aliphatic imine (C=N–C) groups is 1. The first-order valence-corrected chi connectivity index (χ1v) is 5.00. The molecule has 0 atom stereocenters. The molecule has 2 aliphatic rings. The minimum absolute atomic E-state index is 0.721. The summed E-state index contributed by atoms with van der Waals surface area (Å²) in [6.07, 6.45) is 9.29. The maximum atomic E-state index is 5.86. The highest BCUT2D eigenvalue weighted by Gasteiger charge is 2.10. The van der Waals surface area contributed by atoms with E-state index in [0.29, 0.717) is 0 Å². The van der Waals surface area contributed by atoms with Gasteiger partial charge in [0.2, 0.25) is 0 Å². The molecule has 0 fully saturated rings. The van der Waals surface area contributed by atoms with Crippen LogP contribution in [0.15, 0.2) is 29.0 Å².